The summed E-state index contributed by atoms with van der Waals surface area (Å²) in [6, 6.07) is 13.3. The molecule has 2 nitrogen and oxygen atoms in total. The minimum absolute atomic E-state index is 0.414. The molecule has 0 aliphatic heterocycles. The fourth-order valence-corrected chi connectivity index (χ4v) is 3.19. The molecule has 1 atom stereocenters. The quantitative estimate of drug-likeness (QED) is 0.815. The molecule has 20 heavy (non-hydrogen) atoms. The third-order valence-corrected chi connectivity index (χ3v) is 4.30. The van der Waals surface area contributed by atoms with Gasteiger partial charge in [-0.1, -0.05) is 31.2 Å². The van der Waals surface area contributed by atoms with Gasteiger partial charge in [0.05, 0.1) is 6.04 Å². The predicted octanol–water partition coefficient (Wildman–Crippen LogP) is 4.24. The van der Waals surface area contributed by atoms with Gasteiger partial charge < -0.3 is 11.1 Å². The van der Waals surface area contributed by atoms with E-state index in [-0.39, 0.29) is 0 Å². The Kier molecular flexibility index (Phi) is 3.39. The van der Waals surface area contributed by atoms with E-state index in [9.17, 15) is 0 Å². The number of aryl methyl sites for hydroxylation is 3. The van der Waals surface area contributed by atoms with Gasteiger partial charge in [0.2, 0.25) is 0 Å². The van der Waals surface area contributed by atoms with Gasteiger partial charge in [-0.15, -0.1) is 0 Å². The average molecular weight is 266 g/mol. The van der Waals surface area contributed by atoms with Crippen molar-refractivity contribution in [2.45, 2.75) is 39.2 Å². The van der Waals surface area contributed by atoms with Crippen molar-refractivity contribution < 1.29 is 0 Å². The maximum absolute atomic E-state index is 5.88. The van der Waals surface area contributed by atoms with Crippen molar-refractivity contribution in [2.24, 2.45) is 0 Å². The second-order valence-electron chi connectivity index (χ2n) is 5.66. The molecule has 2 heteroatoms. The van der Waals surface area contributed by atoms with Gasteiger partial charge in [0.1, 0.15) is 0 Å². The van der Waals surface area contributed by atoms with Crippen LogP contribution in [-0.4, -0.2) is 0 Å². The molecule has 2 aromatic carbocycles. The standard InChI is InChI=1S/C18H22N2/c1-3-13-6-4-5-12(2)18(13)20-17-10-7-14-11-15(19)8-9-16(14)17/h4-6,8-9,11,17,20H,3,7,10,19H2,1-2H3. The Bertz CT molecular complexity index is 631. The molecule has 0 fully saturated rings. The molecular weight excluding hydrogens is 244 g/mol. The van der Waals surface area contributed by atoms with Gasteiger partial charge in [0.25, 0.3) is 0 Å². The van der Waals surface area contributed by atoms with Gasteiger partial charge in [-0.3, -0.25) is 0 Å². The Morgan fingerprint density at radius 2 is 2.10 bits per heavy atom. The minimum Gasteiger partial charge on any atom is -0.399 e. The van der Waals surface area contributed by atoms with Crippen molar-refractivity contribution in [3.05, 3.63) is 58.7 Å². The summed E-state index contributed by atoms with van der Waals surface area (Å²) in [7, 11) is 0. The monoisotopic (exact) mass is 266 g/mol. The molecule has 0 radical (unpaired) electrons. The zero-order chi connectivity index (χ0) is 14.1. The summed E-state index contributed by atoms with van der Waals surface area (Å²) < 4.78 is 0. The van der Waals surface area contributed by atoms with Crippen LogP contribution in [0.2, 0.25) is 0 Å². The van der Waals surface area contributed by atoms with E-state index in [1.807, 2.05) is 6.07 Å². The highest BCUT2D eigenvalue weighted by atomic mass is 14.9. The van der Waals surface area contributed by atoms with E-state index in [0.717, 1.165) is 24.9 Å². The summed E-state index contributed by atoms with van der Waals surface area (Å²) in [4.78, 5) is 0. The molecule has 0 spiro atoms. The lowest BCUT2D eigenvalue weighted by Gasteiger charge is -2.20. The fourth-order valence-electron chi connectivity index (χ4n) is 3.19. The van der Waals surface area contributed by atoms with Gasteiger partial charge in [-0.05, 0) is 60.6 Å². The van der Waals surface area contributed by atoms with Crippen LogP contribution in [0.15, 0.2) is 36.4 Å². The van der Waals surface area contributed by atoms with Crippen LogP contribution >= 0.6 is 0 Å². The maximum atomic E-state index is 5.88. The number of anilines is 2. The summed E-state index contributed by atoms with van der Waals surface area (Å²) in [5, 5.41) is 3.76. The van der Waals surface area contributed by atoms with Gasteiger partial charge in [0.15, 0.2) is 0 Å². The zero-order valence-electron chi connectivity index (χ0n) is 12.2. The molecule has 0 aromatic heterocycles. The zero-order valence-corrected chi connectivity index (χ0v) is 12.2. The summed E-state index contributed by atoms with van der Waals surface area (Å²) in [5.41, 5.74) is 13.6. The Morgan fingerprint density at radius 3 is 2.90 bits per heavy atom. The van der Waals surface area contributed by atoms with Gasteiger partial charge in [-0.25, -0.2) is 0 Å². The molecule has 1 aliphatic carbocycles. The Balaban J connectivity index is 1.91. The summed E-state index contributed by atoms with van der Waals surface area (Å²) >= 11 is 0. The Labute approximate surface area is 121 Å². The minimum atomic E-state index is 0.414. The van der Waals surface area contributed by atoms with Crippen LogP contribution < -0.4 is 11.1 Å². The summed E-state index contributed by atoms with van der Waals surface area (Å²) in [6.07, 6.45) is 3.33. The van der Waals surface area contributed by atoms with E-state index in [2.05, 4.69) is 49.5 Å². The first-order chi connectivity index (χ1) is 9.69. The maximum Gasteiger partial charge on any atom is 0.0519 e. The number of benzene rings is 2. The van der Waals surface area contributed by atoms with Crippen molar-refractivity contribution in [1.29, 1.82) is 0 Å². The van der Waals surface area contributed by atoms with Crippen molar-refractivity contribution >= 4 is 11.4 Å². The molecule has 1 aliphatic rings. The van der Waals surface area contributed by atoms with Crippen LogP contribution in [-0.2, 0) is 12.8 Å². The van der Waals surface area contributed by atoms with E-state index in [0.29, 0.717) is 6.04 Å². The second-order valence-corrected chi connectivity index (χ2v) is 5.66. The van der Waals surface area contributed by atoms with Crippen LogP contribution in [0.5, 0.6) is 0 Å². The lowest BCUT2D eigenvalue weighted by molar-refractivity contribution is 0.759. The van der Waals surface area contributed by atoms with Crippen molar-refractivity contribution in [1.82, 2.24) is 0 Å². The van der Waals surface area contributed by atoms with Crippen molar-refractivity contribution in [3.63, 3.8) is 0 Å². The molecule has 2 aromatic rings. The number of hydrogen-bond donors (Lipinski definition) is 2. The lowest BCUT2D eigenvalue weighted by atomic mass is 10.0. The highest BCUT2D eigenvalue weighted by Crippen LogP contribution is 2.36. The number of rotatable bonds is 3. The van der Waals surface area contributed by atoms with E-state index in [1.165, 1.54) is 27.9 Å². The molecule has 0 saturated carbocycles. The summed E-state index contributed by atoms with van der Waals surface area (Å²) in [5.74, 6) is 0. The van der Waals surface area contributed by atoms with Crippen LogP contribution in [0.1, 0.15) is 41.6 Å². The van der Waals surface area contributed by atoms with Gasteiger partial charge in [-0.2, -0.15) is 0 Å². The van der Waals surface area contributed by atoms with E-state index < -0.39 is 0 Å². The molecule has 0 amide bonds. The average Bonchev–Trinajstić information content (AvgIpc) is 2.83. The lowest BCUT2D eigenvalue weighted by Crippen LogP contribution is -2.10. The molecule has 0 saturated heterocycles. The number of nitrogen functional groups attached to an aromatic ring is 1. The Morgan fingerprint density at radius 1 is 1.25 bits per heavy atom. The molecular formula is C18H22N2. The fraction of sp³-hybridized carbons (Fsp3) is 0.333. The van der Waals surface area contributed by atoms with E-state index >= 15 is 0 Å². The highest BCUT2D eigenvalue weighted by Gasteiger charge is 2.23. The highest BCUT2D eigenvalue weighted by molar-refractivity contribution is 5.60. The van der Waals surface area contributed by atoms with Crippen LogP contribution in [0.4, 0.5) is 11.4 Å². The van der Waals surface area contributed by atoms with Crippen LogP contribution in [0, 0.1) is 6.92 Å². The van der Waals surface area contributed by atoms with Gasteiger partial charge >= 0.3 is 0 Å². The van der Waals surface area contributed by atoms with Crippen LogP contribution in [0.25, 0.3) is 0 Å². The van der Waals surface area contributed by atoms with Gasteiger partial charge in [0, 0.05) is 11.4 Å². The molecule has 0 heterocycles. The van der Waals surface area contributed by atoms with E-state index in [1.54, 1.807) is 0 Å². The first-order valence-electron chi connectivity index (χ1n) is 7.42. The number of para-hydroxylation sites is 1. The normalized spacial score (nSPS) is 17.0. The smallest absolute Gasteiger partial charge is 0.0519 e. The molecule has 104 valence electrons. The SMILES string of the molecule is CCc1cccc(C)c1NC1CCc2cc(N)ccc21. The second kappa shape index (κ2) is 5.20. The number of nitrogens with one attached hydrogen (secondary N) is 1. The third kappa shape index (κ3) is 2.26. The first kappa shape index (κ1) is 13.0. The summed E-state index contributed by atoms with van der Waals surface area (Å²) in [6.45, 7) is 4.39. The third-order valence-electron chi connectivity index (χ3n) is 4.30. The first-order valence-corrected chi connectivity index (χ1v) is 7.42. The van der Waals surface area contributed by atoms with Crippen molar-refractivity contribution in [3.8, 4) is 0 Å². The molecule has 3 rings (SSSR count). The molecule has 0 bridgehead atoms. The topological polar surface area (TPSA) is 38.0 Å². The number of nitrogens with two attached hydrogens (primary N) is 1. The van der Waals surface area contributed by atoms with Crippen molar-refractivity contribution in [2.75, 3.05) is 11.1 Å². The van der Waals surface area contributed by atoms with E-state index in [4.69, 9.17) is 5.73 Å². The van der Waals surface area contributed by atoms with Crippen LogP contribution in [0.3, 0.4) is 0 Å². The largest absolute Gasteiger partial charge is 0.399 e. The number of hydrogen-bond acceptors (Lipinski definition) is 2. The molecule has 3 N–H and O–H groups in total. The Hall–Kier alpha value is -1.96. The number of fused-ring (bicyclic) bond motifs is 1. The predicted molar refractivity (Wildman–Crippen MR) is 86.1 cm³/mol. The molecule has 1 unspecified atom stereocenters.